The van der Waals surface area contributed by atoms with Gasteiger partial charge in [-0.25, -0.2) is 0 Å². The van der Waals surface area contributed by atoms with Gasteiger partial charge < -0.3 is 24.6 Å². The second kappa shape index (κ2) is 9.60. The summed E-state index contributed by atoms with van der Waals surface area (Å²) in [5.41, 5.74) is 1.21. The highest BCUT2D eigenvalue weighted by atomic mass is 16.5. The molecule has 0 aromatic heterocycles. The third-order valence-corrected chi connectivity index (χ3v) is 4.31. The number of ether oxygens (including phenoxy) is 3. The Kier molecular flexibility index (Phi) is 6.69. The first-order valence-electron chi connectivity index (χ1n) is 9.30. The molecule has 2 aromatic rings. The first-order valence-corrected chi connectivity index (χ1v) is 9.30. The molecule has 8 nitrogen and oxygen atoms in total. The van der Waals surface area contributed by atoms with Gasteiger partial charge in [0.1, 0.15) is 17.2 Å². The van der Waals surface area contributed by atoms with Crippen LogP contribution in [0.25, 0.3) is 6.08 Å². The lowest BCUT2D eigenvalue weighted by atomic mass is 10.1. The average Bonchev–Trinajstić information content (AvgIpc) is 3.05. The molecule has 0 saturated carbocycles. The number of benzene rings is 2. The third-order valence-electron chi connectivity index (χ3n) is 4.31. The topological polar surface area (TPSA) is 111 Å². The summed E-state index contributed by atoms with van der Waals surface area (Å²) >= 11 is 0. The Hall–Kier alpha value is -3.81. The Balaban J connectivity index is 1.57. The lowest BCUT2D eigenvalue weighted by molar-refractivity contribution is -0.137. The zero-order chi connectivity index (χ0) is 21.5. The second-order valence-electron chi connectivity index (χ2n) is 6.51. The minimum Gasteiger partial charge on any atom is -0.497 e. The number of nitrogens with one attached hydrogen (secondary N) is 1. The zero-order valence-corrected chi connectivity index (χ0v) is 16.3. The lowest BCUT2D eigenvalue weighted by Crippen LogP contribution is -2.29. The highest BCUT2D eigenvalue weighted by Gasteiger charge is 2.27. The van der Waals surface area contributed by atoms with Gasteiger partial charge in [-0.3, -0.25) is 14.4 Å². The van der Waals surface area contributed by atoms with E-state index in [1.165, 1.54) is 0 Å². The fourth-order valence-corrected chi connectivity index (χ4v) is 2.78. The number of carbonyl (C=O) groups is 3. The van der Waals surface area contributed by atoms with Gasteiger partial charge in [0.25, 0.3) is 5.91 Å². The summed E-state index contributed by atoms with van der Waals surface area (Å²) in [5.74, 6) is 0.150. The predicted octanol–water partition coefficient (Wildman–Crippen LogP) is 2.67. The van der Waals surface area contributed by atoms with Crippen LogP contribution in [0.5, 0.6) is 17.2 Å². The maximum absolute atomic E-state index is 12.5. The Morgan fingerprint density at radius 1 is 1.13 bits per heavy atom. The number of Topliss-reactive ketones (excluding diaryl/α,β-unsaturated/α-hetero) is 1. The van der Waals surface area contributed by atoms with Gasteiger partial charge in [-0.05, 0) is 42.3 Å². The number of rotatable bonds is 9. The van der Waals surface area contributed by atoms with E-state index in [9.17, 15) is 14.4 Å². The van der Waals surface area contributed by atoms with Gasteiger partial charge in [0.2, 0.25) is 5.78 Å². The molecule has 0 bridgehead atoms. The molecular weight excluding hydrogens is 390 g/mol. The molecule has 0 fully saturated rings. The number of ketones is 1. The molecule has 156 valence electrons. The first-order chi connectivity index (χ1) is 14.5. The summed E-state index contributed by atoms with van der Waals surface area (Å²) < 4.78 is 16.2. The molecule has 1 aliphatic heterocycles. The number of carbonyl (C=O) groups excluding carboxylic acids is 2. The minimum atomic E-state index is -0.909. The largest absolute Gasteiger partial charge is 0.497 e. The number of hydrogen-bond donors (Lipinski definition) is 2. The van der Waals surface area contributed by atoms with Gasteiger partial charge in [-0.15, -0.1) is 0 Å². The number of carboxylic acid groups (broad SMARTS) is 1. The number of fused-ring (bicyclic) bond motifs is 1. The molecule has 1 amide bonds. The van der Waals surface area contributed by atoms with Gasteiger partial charge in [-0.1, -0.05) is 12.1 Å². The van der Waals surface area contributed by atoms with Crippen LogP contribution < -0.4 is 19.5 Å². The Morgan fingerprint density at radius 3 is 2.57 bits per heavy atom. The zero-order valence-electron chi connectivity index (χ0n) is 16.3. The van der Waals surface area contributed by atoms with E-state index in [-0.39, 0.29) is 37.0 Å². The SMILES string of the molecule is COc1ccc(C=C2Oc3cc(OCC(=O)NCCCC(=O)O)ccc3C2=O)cc1. The van der Waals surface area contributed by atoms with Crippen LogP contribution in [0.2, 0.25) is 0 Å². The van der Waals surface area contributed by atoms with E-state index in [1.807, 2.05) is 12.1 Å². The van der Waals surface area contributed by atoms with E-state index in [0.29, 0.717) is 29.2 Å². The number of methoxy groups -OCH3 is 1. The van der Waals surface area contributed by atoms with Crippen LogP contribution in [-0.4, -0.2) is 43.0 Å². The number of hydrogen-bond acceptors (Lipinski definition) is 6. The molecule has 8 heteroatoms. The van der Waals surface area contributed by atoms with Gasteiger partial charge in [0.15, 0.2) is 12.4 Å². The molecule has 2 aromatic carbocycles. The summed E-state index contributed by atoms with van der Waals surface area (Å²) in [6, 6.07) is 11.9. The summed E-state index contributed by atoms with van der Waals surface area (Å²) in [4.78, 5) is 34.7. The van der Waals surface area contributed by atoms with Gasteiger partial charge >= 0.3 is 5.97 Å². The maximum Gasteiger partial charge on any atom is 0.303 e. The number of aliphatic carboxylic acids is 1. The van der Waals surface area contributed by atoms with E-state index < -0.39 is 5.97 Å². The quantitative estimate of drug-likeness (QED) is 0.482. The van der Waals surface area contributed by atoms with Gasteiger partial charge in [0, 0.05) is 19.0 Å². The van der Waals surface area contributed by atoms with Crippen LogP contribution in [0.1, 0.15) is 28.8 Å². The molecule has 0 radical (unpaired) electrons. The van der Waals surface area contributed by atoms with Crippen LogP contribution in [0.4, 0.5) is 0 Å². The van der Waals surface area contributed by atoms with E-state index in [0.717, 1.165) is 5.56 Å². The number of carboxylic acids is 1. The van der Waals surface area contributed by atoms with Crippen molar-refractivity contribution in [3.8, 4) is 17.2 Å². The monoisotopic (exact) mass is 411 g/mol. The van der Waals surface area contributed by atoms with Crippen molar-refractivity contribution in [2.24, 2.45) is 0 Å². The molecular formula is C22H21NO7. The number of allylic oxidation sites excluding steroid dienone is 1. The fourth-order valence-electron chi connectivity index (χ4n) is 2.78. The van der Waals surface area contributed by atoms with Crippen molar-refractivity contribution >= 4 is 23.7 Å². The van der Waals surface area contributed by atoms with Crippen LogP contribution >= 0.6 is 0 Å². The average molecular weight is 411 g/mol. The molecule has 1 heterocycles. The Bertz CT molecular complexity index is 979. The molecule has 3 rings (SSSR count). The van der Waals surface area contributed by atoms with Crippen molar-refractivity contribution in [2.75, 3.05) is 20.3 Å². The van der Waals surface area contributed by atoms with Gasteiger partial charge in [-0.2, -0.15) is 0 Å². The van der Waals surface area contributed by atoms with Crippen LogP contribution in [-0.2, 0) is 9.59 Å². The van der Waals surface area contributed by atoms with Crippen LogP contribution in [0.15, 0.2) is 48.2 Å². The molecule has 1 aliphatic rings. The lowest BCUT2D eigenvalue weighted by Gasteiger charge is -2.08. The number of amides is 1. The molecule has 0 atom stereocenters. The fraction of sp³-hybridized carbons (Fsp3) is 0.227. The standard InChI is InChI=1S/C22H21NO7/c1-28-15-6-4-14(5-7-15)11-19-22(27)17-9-8-16(12-18(17)30-19)29-13-20(24)23-10-2-3-21(25)26/h4-9,11-12H,2-3,10,13H2,1H3,(H,23,24)(H,25,26). The first kappa shape index (κ1) is 20.9. The van der Waals surface area contributed by atoms with E-state index >= 15 is 0 Å². The van der Waals surface area contributed by atoms with Crippen molar-refractivity contribution in [1.82, 2.24) is 5.32 Å². The molecule has 0 spiro atoms. The molecule has 0 unspecified atom stereocenters. The molecule has 0 aliphatic carbocycles. The van der Waals surface area contributed by atoms with E-state index in [1.54, 1.807) is 43.5 Å². The maximum atomic E-state index is 12.5. The predicted molar refractivity (Wildman–Crippen MR) is 108 cm³/mol. The summed E-state index contributed by atoms with van der Waals surface area (Å²) in [5, 5.41) is 11.1. The van der Waals surface area contributed by atoms with Gasteiger partial charge in [0.05, 0.1) is 12.7 Å². The smallest absolute Gasteiger partial charge is 0.303 e. The van der Waals surface area contributed by atoms with Crippen molar-refractivity contribution in [1.29, 1.82) is 0 Å². The Morgan fingerprint density at radius 2 is 1.87 bits per heavy atom. The molecule has 30 heavy (non-hydrogen) atoms. The Labute approximate surface area is 173 Å². The summed E-state index contributed by atoms with van der Waals surface area (Å²) in [6.45, 7) is 0.0319. The molecule has 2 N–H and O–H groups in total. The molecule has 0 saturated heterocycles. The van der Waals surface area contributed by atoms with Crippen molar-refractivity contribution in [3.63, 3.8) is 0 Å². The summed E-state index contributed by atoms with van der Waals surface area (Å²) in [6.07, 6.45) is 1.98. The van der Waals surface area contributed by atoms with E-state index in [4.69, 9.17) is 19.3 Å². The van der Waals surface area contributed by atoms with Crippen molar-refractivity contribution in [3.05, 3.63) is 59.4 Å². The normalized spacial score (nSPS) is 13.5. The van der Waals surface area contributed by atoms with Crippen LogP contribution in [0.3, 0.4) is 0 Å². The summed E-state index contributed by atoms with van der Waals surface area (Å²) in [7, 11) is 1.58. The van der Waals surface area contributed by atoms with Crippen molar-refractivity contribution < 1.29 is 33.7 Å². The van der Waals surface area contributed by atoms with Crippen LogP contribution in [0, 0.1) is 0 Å². The third kappa shape index (κ3) is 5.38. The minimum absolute atomic E-state index is 0.0102. The second-order valence-corrected chi connectivity index (χ2v) is 6.51. The van der Waals surface area contributed by atoms with E-state index in [2.05, 4.69) is 5.32 Å². The highest BCUT2D eigenvalue weighted by molar-refractivity contribution is 6.14. The highest BCUT2D eigenvalue weighted by Crippen LogP contribution is 2.35. The van der Waals surface area contributed by atoms with Crippen molar-refractivity contribution in [2.45, 2.75) is 12.8 Å².